The zero-order valence-corrected chi connectivity index (χ0v) is 38.8. The molecule has 2 saturated carbocycles. The number of nitrogens with zero attached hydrogens (tertiary/aromatic N) is 2. The molecule has 6 atom stereocenters. The molecule has 2 amide bonds. The molecule has 0 bridgehead atoms. The van der Waals surface area contributed by atoms with Crippen LogP contribution in [-0.4, -0.2) is 85.0 Å². The highest BCUT2D eigenvalue weighted by molar-refractivity contribution is 5.91. The van der Waals surface area contributed by atoms with Crippen LogP contribution < -0.4 is 5.32 Å². The average molecular weight is 824 g/mol. The second-order valence-electron chi connectivity index (χ2n) is 18.3. The summed E-state index contributed by atoms with van der Waals surface area (Å²) in [5, 5.41) is 3.20. The lowest BCUT2D eigenvalue weighted by Crippen LogP contribution is -2.61. The number of ether oxygens (including phenoxy) is 2. The molecule has 0 spiro atoms. The third kappa shape index (κ3) is 18.9. The molecule has 2 rings (SSSR count). The summed E-state index contributed by atoms with van der Waals surface area (Å²) in [6.45, 7) is 22.8. The molecule has 2 fully saturated rings. The number of rotatable bonds is 28. The largest absolute Gasteiger partial charge is 0.462 e. The van der Waals surface area contributed by atoms with Gasteiger partial charge in [-0.3, -0.25) is 19.2 Å². The molecule has 9 heteroatoms. The number of carbonyl (C=O) groups is 4. The Kier molecular flexibility index (Phi) is 25.0. The van der Waals surface area contributed by atoms with E-state index in [0.29, 0.717) is 44.2 Å². The number of carbonyl (C=O) groups excluding carboxylic acids is 4. The van der Waals surface area contributed by atoms with Gasteiger partial charge in [0.25, 0.3) is 0 Å². The summed E-state index contributed by atoms with van der Waals surface area (Å²) < 4.78 is 12.3. The summed E-state index contributed by atoms with van der Waals surface area (Å²) in [5.74, 6) is 0.384. The molecule has 0 saturated heterocycles. The van der Waals surface area contributed by atoms with E-state index >= 15 is 0 Å². The lowest BCUT2D eigenvalue weighted by Gasteiger charge is -2.43. The first-order chi connectivity index (χ1) is 28.1. The highest BCUT2D eigenvalue weighted by Gasteiger charge is 2.45. The molecule has 2 aliphatic carbocycles. The number of hydrogen-bond acceptors (Lipinski definition) is 7. The molecule has 59 heavy (non-hydrogen) atoms. The van der Waals surface area contributed by atoms with Gasteiger partial charge in [0.2, 0.25) is 11.8 Å². The predicted octanol–water partition coefficient (Wildman–Crippen LogP) is 10.7. The van der Waals surface area contributed by atoms with E-state index in [2.05, 4.69) is 69.3 Å². The van der Waals surface area contributed by atoms with E-state index in [9.17, 15) is 19.2 Å². The standard InChI is InChI=1S/C50H85N3O6/c1-11-13-15-16-17-18-19-24-46(54)53(35-21-20-34-52(9)10)50(49(57)51-33-14-12-2,31-22-25-47(55)58-44-36-40(7)27-29-42(44)38(3)4)32-23-26-48(56)59-45-37-41(8)28-30-43(45)39(5)6/h13,15,17-18,40-45H,3,5,11-12,14,16,19-37H2,1-2,4,6-10H3,(H,51,57)/b15-13-,18-17-/t40-,41-,42+,43+,44-,45-/m1/s1. The van der Waals surface area contributed by atoms with Crippen molar-refractivity contribution in [3.8, 4) is 0 Å². The molecule has 0 aromatic carbocycles. The minimum Gasteiger partial charge on any atom is -0.462 e. The van der Waals surface area contributed by atoms with Gasteiger partial charge >= 0.3 is 11.9 Å². The van der Waals surface area contributed by atoms with Crippen LogP contribution >= 0.6 is 0 Å². The van der Waals surface area contributed by atoms with E-state index in [0.717, 1.165) is 94.7 Å². The van der Waals surface area contributed by atoms with E-state index < -0.39 is 5.54 Å². The zero-order chi connectivity index (χ0) is 43.8. The Hall–Kier alpha value is -3.20. The van der Waals surface area contributed by atoms with Crippen LogP contribution in [0.4, 0.5) is 0 Å². The monoisotopic (exact) mass is 824 g/mol. The highest BCUT2D eigenvalue weighted by Crippen LogP contribution is 2.37. The fraction of sp³-hybridized carbons (Fsp3) is 0.760. The van der Waals surface area contributed by atoms with Crippen molar-refractivity contribution < 1.29 is 28.7 Å². The number of allylic oxidation sites excluding steroid dienone is 4. The van der Waals surface area contributed by atoms with Gasteiger partial charge in [-0.1, -0.05) is 82.7 Å². The fourth-order valence-corrected chi connectivity index (χ4v) is 9.01. The summed E-state index contributed by atoms with van der Waals surface area (Å²) in [6.07, 6.45) is 21.2. The lowest BCUT2D eigenvalue weighted by atomic mass is 9.77. The SMILES string of the molecule is C=C(C)[C@@H]1CC[C@@H](C)C[C@H]1OC(=O)CCCC(CCCC(=O)O[C@@H]1C[C@H](C)CC[C@H]1C(=C)C)(C(=O)NCCCC)N(CCCCN(C)C)C(=O)CC/C=C\C/C=C\CC. The number of esters is 2. The third-order valence-electron chi connectivity index (χ3n) is 12.5. The van der Waals surface area contributed by atoms with Crippen molar-refractivity contribution in [3.05, 3.63) is 48.6 Å². The maximum atomic E-state index is 14.8. The van der Waals surface area contributed by atoms with Crippen LogP contribution in [-0.2, 0) is 28.7 Å². The summed E-state index contributed by atoms with van der Waals surface area (Å²) in [5.41, 5.74) is 0.829. The van der Waals surface area contributed by atoms with Crippen LogP contribution in [0.3, 0.4) is 0 Å². The number of unbranched alkanes of at least 4 members (excludes halogenated alkanes) is 2. The Balaban J connectivity index is 2.46. The van der Waals surface area contributed by atoms with Gasteiger partial charge in [-0.2, -0.15) is 0 Å². The molecular formula is C50H85N3O6. The number of amides is 2. The predicted molar refractivity (Wildman–Crippen MR) is 243 cm³/mol. The van der Waals surface area contributed by atoms with Gasteiger partial charge in [0.15, 0.2) is 0 Å². The van der Waals surface area contributed by atoms with Crippen molar-refractivity contribution in [2.75, 3.05) is 33.7 Å². The molecule has 0 aromatic heterocycles. The first kappa shape index (κ1) is 51.9. The van der Waals surface area contributed by atoms with Gasteiger partial charge in [0, 0.05) is 44.2 Å². The van der Waals surface area contributed by atoms with E-state index in [4.69, 9.17) is 9.47 Å². The first-order valence-electron chi connectivity index (χ1n) is 23.4. The highest BCUT2D eigenvalue weighted by atomic mass is 16.5. The van der Waals surface area contributed by atoms with Crippen LogP contribution in [0.25, 0.3) is 0 Å². The van der Waals surface area contributed by atoms with Gasteiger partial charge in [-0.25, -0.2) is 0 Å². The van der Waals surface area contributed by atoms with Crippen LogP contribution in [0.1, 0.15) is 170 Å². The Morgan fingerprint density at radius 1 is 0.712 bits per heavy atom. The molecular weight excluding hydrogens is 739 g/mol. The maximum absolute atomic E-state index is 14.8. The fourth-order valence-electron chi connectivity index (χ4n) is 9.01. The maximum Gasteiger partial charge on any atom is 0.306 e. The van der Waals surface area contributed by atoms with Gasteiger partial charge < -0.3 is 24.6 Å². The summed E-state index contributed by atoms with van der Waals surface area (Å²) in [7, 11) is 4.07. The smallest absolute Gasteiger partial charge is 0.306 e. The molecule has 0 aromatic rings. The van der Waals surface area contributed by atoms with E-state index in [1.165, 1.54) is 0 Å². The molecule has 336 valence electrons. The molecule has 9 nitrogen and oxygen atoms in total. The molecule has 1 N–H and O–H groups in total. The molecule has 0 heterocycles. The summed E-state index contributed by atoms with van der Waals surface area (Å²) in [4.78, 5) is 60.5. The quantitative estimate of drug-likeness (QED) is 0.0476. The van der Waals surface area contributed by atoms with Gasteiger partial charge in [0.05, 0.1) is 0 Å². The minimum atomic E-state index is -1.25. The zero-order valence-electron chi connectivity index (χ0n) is 38.8. The topological polar surface area (TPSA) is 105 Å². The van der Waals surface area contributed by atoms with Crippen molar-refractivity contribution in [2.24, 2.45) is 23.7 Å². The Bertz CT molecular complexity index is 1310. The van der Waals surface area contributed by atoms with Gasteiger partial charge in [-0.15, -0.1) is 0 Å². The van der Waals surface area contributed by atoms with Crippen LogP contribution in [0.2, 0.25) is 0 Å². The number of nitrogens with one attached hydrogen (secondary N) is 1. The van der Waals surface area contributed by atoms with Crippen molar-refractivity contribution in [1.29, 1.82) is 0 Å². The molecule has 0 radical (unpaired) electrons. The van der Waals surface area contributed by atoms with Crippen molar-refractivity contribution >= 4 is 23.8 Å². The summed E-state index contributed by atoms with van der Waals surface area (Å²) >= 11 is 0. The van der Waals surface area contributed by atoms with Crippen molar-refractivity contribution in [3.63, 3.8) is 0 Å². The van der Waals surface area contributed by atoms with E-state index in [-0.39, 0.29) is 79.9 Å². The number of hydrogen-bond donors (Lipinski definition) is 1. The van der Waals surface area contributed by atoms with Crippen LogP contribution in [0.15, 0.2) is 48.6 Å². The second-order valence-corrected chi connectivity index (χ2v) is 18.3. The van der Waals surface area contributed by atoms with Crippen LogP contribution in [0.5, 0.6) is 0 Å². The van der Waals surface area contributed by atoms with Crippen molar-refractivity contribution in [1.82, 2.24) is 15.1 Å². The molecule has 0 unspecified atom stereocenters. The Labute approximate surface area is 360 Å². The van der Waals surface area contributed by atoms with Gasteiger partial charge in [-0.05, 0) is 149 Å². The minimum absolute atomic E-state index is 0.0830. The average Bonchev–Trinajstić information content (AvgIpc) is 3.16. The van der Waals surface area contributed by atoms with Crippen molar-refractivity contribution in [2.45, 2.75) is 188 Å². The Morgan fingerprint density at radius 3 is 1.73 bits per heavy atom. The molecule has 2 aliphatic rings. The third-order valence-corrected chi connectivity index (χ3v) is 12.5. The van der Waals surface area contributed by atoms with E-state index in [1.54, 1.807) is 0 Å². The van der Waals surface area contributed by atoms with Gasteiger partial charge in [0.1, 0.15) is 17.7 Å². The summed E-state index contributed by atoms with van der Waals surface area (Å²) in [6, 6.07) is 0. The second kappa shape index (κ2) is 28.3. The van der Waals surface area contributed by atoms with Crippen LogP contribution in [0, 0.1) is 23.7 Å². The Morgan fingerprint density at radius 2 is 1.24 bits per heavy atom. The van der Waals surface area contributed by atoms with E-state index in [1.807, 2.05) is 38.9 Å². The normalized spacial score (nSPS) is 22.4. The molecule has 0 aliphatic heterocycles. The lowest BCUT2D eigenvalue weighted by molar-refractivity contribution is -0.155. The first-order valence-corrected chi connectivity index (χ1v) is 23.4.